The van der Waals surface area contributed by atoms with Gasteiger partial charge in [0.15, 0.2) is 6.10 Å². The van der Waals surface area contributed by atoms with Gasteiger partial charge in [0.1, 0.15) is 11.5 Å². The Morgan fingerprint density at radius 1 is 1.21 bits per heavy atom. The van der Waals surface area contributed by atoms with Crippen LogP contribution in [-0.2, 0) is 14.9 Å². The van der Waals surface area contributed by atoms with Crippen LogP contribution in [0.15, 0.2) is 28.8 Å². The van der Waals surface area contributed by atoms with E-state index in [9.17, 15) is 23.1 Å². The quantitative estimate of drug-likeness (QED) is 0.639. The number of aliphatic hydroxyl groups excluding tert-OH is 1. The number of amides is 1. The molecule has 1 amide bonds. The van der Waals surface area contributed by atoms with Crippen molar-refractivity contribution >= 4 is 17.5 Å². The van der Waals surface area contributed by atoms with Crippen LogP contribution in [0.5, 0.6) is 5.75 Å². The lowest BCUT2D eigenvalue weighted by atomic mass is 9.38. The molecule has 1 aliphatic heterocycles. The molecule has 4 saturated carbocycles. The van der Waals surface area contributed by atoms with E-state index >= 15 is 0 Å². The Morgan fingerprint density at radius 3 is 2.65 bits per heavy atom. The maximum Gasteiger partial charge on any atom is 0.522 e. The molecule has 1 aromatic carbocycles. The van der Waals surface area contributed by atoms with Crippen molar-refractivity contribution in [2.45, 2.75) is 80.1 Å². The Bertz CT molecular complexity index is 1130. The number of nitrogens with one attached hydrogen (secondary N) is 1. The summed E-state index contributed by atoms with van der Waals surface area (Å²) in [5.41, 5.74) is 0.703. The van der Waals surface area contributed by atoms with Crippen molar-refractivity contribution in [2.75, 3.05) is 0 Å². The molecule has 4 fully saturated rings. The topological polar surface area (TPSA) is 93.8 Å². The zero-order valence-electron chi connectivity index (χ0n) is 17.9. The Morgan fingerprint density at radius 2 is 1.94 bits per heavy atom. The molecule has 2 heterocycles. The predicted octanol–water partition coefficient (Wildman–Crippen LogP) is 4.29. The van der Waals surface area contributed by atoms with Crippen LogP contribution in [-0.4, -0.2) is 40.3 Å². The molecule has 5 aliphatic rings. The second-order valence-corrected chi connectivity index (χ2v) is 10.5. The van der Waals surface area contributed by atoms with Crippen molar-refractivity contribution in [3.05, 3.63) is 46.3 Å². The van der Waals surface area contributed by atoms with E-state index in [0.29, 0.717) is 47.1 Å². The smallest absolute Gasteiger partial charge is 0.480 e. The van der Waals surface area contributed by atoms with Crippen LogP contribution in [0.4, 0.5) is 13.2 Å². The van der Waals surface area contributed by atoms with Crippen LogP contribution in [0.1, 0.15) is 67.6 Å². The molecule has 2 bridgehead atoms. The lowest BCUT2D eigenvalue weighted by Crippen LogP contribution is -2.77. The molecule has 182 valence electrons. The molecular weight excluding hydrogens is 477 g/mol. The molecule has 0 saturated heterocycles. The van der Waals surface area contributed by atoms with E-state index in [-0.39, 0.29) is 42.0 Å². The van der Waals surface area contributed by atoms with Crippen LogP contribution in [0, 0.1) is 0 Å². The Hall–Kier alpha value is -2.30. The molecule has 4 aliphatic carbocycles. The van der Waals surface area contributed by atoms with Crippen molar-refractivity contribution < 1.29 is 37.1 Å². The summed E-state index contributed by atoms with van der Waals surface area (Å²) in [4.78, 5) is 12.9. The van der Waals surface area contributed by atoms with Crippen LogP contribution in [0.2, 0.25) is 5.02 Å². The maximum atomic E-state index is 12.9. The van der Waals surface area contributed by atoms with Crippen LogP contribution in [0.25, 0.3) is 0 Å². The lowest BCUT2D eigenvalue weighted by Gasteiger charge is -2.69. The van der Waals surface area contributed by atoms with Gasteiger partial charge >= 0.3 is 6.36 Å². The number of nitrogens with zero attached hydrogens (tertiary/aromatic N) is 1. The number of carbonyl (C=O) groups is 1. The van der Waals surface area contributed by atoms with Gasteiger partial charge in [0.25, 0.3) is 5.91 Å². The summed E-state index contributed by atoms with van der Waals surface area (Å²) in [6.45, 7) is 0. The van der Waals surface area contributed by atoms with Crippen LogP contribution < -0.4 is 10.1 Å². The molecular formula is C23H22ClF3N2O5. The van der Waals surface area contributed by atoms with E-state index in [1.165, 1.54) is 0 Å². The normalized spacial score (nSPS) is 35.8. The first-order chi connectivity index (χ1) is 16.0. The summed E-state index contributed by atoms with van der Waals surface area (Å²) < 4.78 is 52.3. The van der Waals surface area contributed by atoms with Gasteiger partial charge in [-0.1, -0.05) is 16.8 Å². The molecule has 7 rings (SSSR count). The average Bonchev–Trinajstić information content (AvgIpc) is 3.14. The van der Waals surface area contributed by atoms with Crippen molar-refractivity contribution in [3.63, 3.8) is 0 Å². The molecule has 2 aromatic rings. The molecule has 2 N–H and O–H groups in total. The van der Waals surface area contributed by atoms with Crippen LogP contribution in [0.3, 0.4) is 0 Å². The summed E-state index contributed by atoms with van der Waals surface area (Å²) in [5, 5.41) is 18.1. The zero-order chi connectivity index (χ0) is 23.9. The number of ether oxygens (including phenoxy) is 2. The summed E-state index contributed by atoms with van der Waals surface area (Å²) in [6.07, 6.45) is -4.30. The van der Waals surface area contributed by atoms with Gasteiger partial charge < -0.3 is 19.7 Å². The number of hydrogen-bond acceptors (Lipinski definition) is 6. The fourth-order valence-electron chi connectivity index (χ4n) is 5.93. The molecule has 2 atom stereocenters. The third-order valence-corrected chi connectivity index (χ3v) is 7.85. The van der Waals surface area contributed by atoms with Gasteiger partial charge in [-0.15, -0.1) is 13.2 Å². The molecule has 11 heteroatoms. The highest BCUT2D eigenvalue weighted by Crippen LogP contribution is 2.68. The predicted molar refractivity (Wildman–Crippen MR) is 111 cm³/mol. The van der Waals surface area contributed by atoms with Gasteiger partial charge in [-0.05, 0) is 50.3 Å². The molecule has 7 nitrogen and oxygen atoms in total. The second kappa shape index (κ2) is 7.35. The SMILES string of the molecule is O=C(NC12CC(c3cc(C4CC(OC(F)(F)F)C4)no3)(C1)C2)[C@@H]1C[C@@H](O)c2cc(Cl)ccc2O1. The highest BCUT2D eigenvalue weighted by Gasteiger charge is 2.71. The summed E-state index contributed by atoms with van der Waals surface area (Å²) in [7, 11) is 0. The number of aromatic nitrogens is 1. The lowest BCUT2D eigenvalue weighted by molar-refractivity contribution is -0.351. The van der Waals surface area contributed by atoms with Gasteiger partial charge in [-0.3, -0.25) is 9.53 Å². The van der Waals surface area contributed by atoms with Crippen LogP contribution >= 0.6 is 11.6 Å². The average molecular weight is 499 g/mol. The number of halogens is 4. The molecule has 0 spiro atoms. The number of alkyl halides is 3. The van der Waals surface area contributed by atoms with Crippen molar-refractivity contribution in [2.24, 2.45) is 0 Å². The first-order valence-electron chi connectivity index (χ1n) is 11.2. The number of fused-ring (bicyclic) bond motifs is 1. The zero-order valence-corrected chi connectivity index (χ0v) is 18.7. The highest BCUT2D eigenvalue weighted by atomic mass is 35.5. The minimum Gasteiger partial charge on any atom is -0.480 e. The minimum absolute atomic E-state index is 0.0986. The van der Waals surface area contributed by atoms with Gasteiger partial charge in [0.2, 0.25) is 0 Å². The first kappa shape index (κ1) is 22.2. The Labute approximate surface area is 197 Å². The number of carbonyl (C=O) groups excluding carboxylic acids is 1. The molecule has 34 heavy (non-hydrogen) atoms. The number of hydrogen-bond donors (Lipinski definition) is 2. The van der Waals surface area contributed by atoms with Gasteiger partial charge in [-0.2, -0.15) is 0 Å². The van der Waals surface area contributed by atoms with E-state index in [2.05, 4.69) is 15.2 Å². The summed E-state index contributed by atoms with van der Waals surface area (Å²) >= 11 is 5.98. The van der Waals surface area contributed by atoms with Gasteiger partial charge in [-0.25, -0.2) is 0 Å². The van der Waals surface area contributed by atoms with E-state index < -0.39 is 24.7 Å². The van der Waals surface area contributed by atoms with E-state index in [1.807, 2.05) is 6.07 Å². The first-order valence-corrected chi connectivity index (χ1v) is 11.6. The standard InChI is InChI=1S/C23H22ClF3N2O5/c24-12-1-2-17-14(5-12)16(30)7-18(32-17)20(31)28-22-8-21(9-22,10-22)19-6-15(29-34-19)11-3-13(4-11)33-23(25,26)27/h1-2,5-6,11,13,16,18,30H,3-4,7-10H2,(H,28,31)/t11?,13?,16-,18+,21?,22?/m1/s1. The maximum absolute atomic E-state index is 12.9. The summed E-state index contributed by atoms with van der Waals surface area (Å²) in [6, 6.07) is 6.77. The fraction of sp³-hybridized carbons (Fsp3) is 0.565. The summed E-state index contributed by atoms with van der Waals surface area (Å²) in [5.74, 6) is 0.800. The number of benzene rings is 1. The third kappa shape index (κ3) is 3.67. The molecule has 1 aromatic heterocycles. The number of aliphatic hydroxyl groups is 1. The van der Waals surface area contributed by atoms with Crippen molar-refractivity contribution in [1.82, 2.24) is 10.5 Å². The van der Waals surface area contributed by atoms with Crippen molar-refractivity contribution in [1.29, 1.82) is 0 Å². The highest BCUT2D eigenvalue weighted by molar-refractivity contribution is 6.30. The van der Waals surface area contributed by atoms with E-state index in [1.54, 1.807) is 18.2 Å². The van der Waals surface area contributed by atoms with Gasteiger partial charge in [0, 0.05) is 39.9 Å². The Kier molecular flexibility index (Phi) is 4.80. The van der Waals surface area contributed by atoms with E-state index in [4.69, 9.17) is 20.9 Å². The molecule has 0 unspecified atom stereocenters. The monoisotopic (exact) mass is 498 g/mol. The Balaban J connectivity index is 1.03. The number of rotatable bonds is 5. The van der Waals surface area contributed by atoms with Crippen molar-refractivity contribution in [3.8, 4) is 5.75 Å². The minimum atomic E-state index is -4.62. The second-order valence-electron chi connectivity index (χ2n) is 10.1. The van der Waals surface area contributed by atoms with Gasteiger partial charge in [0.05, 0.1) is 17.9 Å². The largest absolute Gasteiger partial charge is 0.522 e. The fourth-order valence-corrected chi connectivity index (χ4v) is 6.11. The van der Waals surface area contributed by atoms with E-state index in [0.717, 1.165) is 0 Å². The molecule has 0 radical (unpaired) electrons. The third-order valence-electron chi connectivity index (χ3n) is 7.61.